The fraction of sp³-hybridized carbons (Fsp3) is 0.364. The van der Waals surface area contributed by atoms with Crippen molar-refractivity contribution in [3.05, 3.63) is 71.3 Å². The highest BCUT2D eigenvalue weighted by Gasteiger charge is 2.51. The van der Waals surface area contributed by atoms with Gasteiger partial charge in [0.05, 0.1) is 11.2 Å². The lowest BCUT2D eigenvalue weighted by atomic mass is 9.77. The lowest BCUT2D eigenvalue weighted by Gasteiger charge is -2.32. The molecule has 3 rings (SSSR count). The first-order valence-corrected chi connectivity index (χ1v) is 8.95. The summed E-state index contributed by atoms with van der Waals surface area (Å²) in [7, 11) is -0.313. The topological polar surface area (TPSA) is 18.5 Å². The number of benzene rings is 2. The molecule has 0 spiro atoms. The van der Waals surface area contributed by atoms with E-state index in [0.717, 1.165) is 11.9 Å². The Morgan fingerprint density at radius 1 is 0.920 bits per heavy atom. The largest absolute Gasteiger partial charge is 0.494 e. The highest BCUT2D eigenvalue weighted by Crippen LogP contribution is 2.36. The molecule has 2 nitrogen and oxygen atoms in total. The smallest absolute Gasteiger partial charge is 0.399 e. The molecule has 0 aliphatic carbocycles. The van der Waals surface area contributed by atoms with Crippen LogP contribution in [0.4, 0.5) is 0 Å². The van der Waals surface area contributed by atoms with Crippen LogP contribution in [0.2, 0.25) is 0 Å². The number of allylic oxidation sites excluding steroid dienone is 1. The minimum Gasteiger partial charge on any atom is -0.399 e. The van der Waals surface area contributed by atoms with Gasteiger partial charge in [-0.3, -0.25) is 0 Å². The van der Waals surface area contributed by atoms with Crippen molar-refractivity contribution >= 4 is 18.7 Å². The molecule has 2 aromatic carbocycles. The van der Waals surface area contributed by atoms with Crippen molar-refractivity contribution in [1.29, 1.82) is 0 Å². The Morgan fingerprint density at radius 2 is 1.56 bits per heavy atom. The van der Waals surface area contributed by atoms with Gasteiger partial charge in [0.15, 0.2) is 0 Å². The molecule has 130 valence electrons. The molecular weight excluding hydrogens is 307 g/mol. The van der Waals surface area contributed by atoms with Gasteiger partial charge in [0, 0.05) is 0 Å². The third kappa shape index (κ3) is 3.89. The molecule has 0 bridgehead atoms. The van der Waals surface area contributed by atoms with E-state index in [2.05, 4.69) is 89.2 Å². The van der Waals surface area contributed by atoms with Crippen molar-refractivity contribution in [2.75, 3.05) is 0 Å². The maximum Gasteiger partial charge on any atom is 0.494 e. The minimum absolute atomic E-state index is 0.313. The Labute approximate surface area is 152 Å². The lowest BCUT2D eigenvalue weighted by molar-refractivity contribution is 0.00578. The van der Waals surface area contributed by atoms with Crippen LogP contribution in [0.1, 0.15) is 44.4 Å². The normalized spacial score (nSPS) is 18.8. The molecule has 3 heteroatoms. The Morgan fingerprint density at radius 3 is 2.20 bits per heavy atom. The van der Waals surface area contributed by atoms with Crippen LogP contribution in [-0.2, 0) is 15.7 Å². The van der Waals surface area contributed by atoms with E-state index in [9.17, 15) is 0 Å². The first kappa shape index (κ1) is 18.0. The van der Waals surface area contributed by atoms with Crippen molar-refractivity contribution < 1.29 is 9.31 Å². The standard InChI is InChI=1S/C22H27BO2/c1-17-14-15-20(23-24-21(2,3)22(4,5)25-23)16-19(17)13-9-12-18-10-7-6-8-11-18/h6-11,13-16H,12H2,1-5H3/b13-9-. The molecule has 0 saturated carbocycles. The first-order valence-electron chi connectivity index (χ1n) is 8.95. The van der Waals surface area contributed by atoms with Crippen molar-refractivity contribution in [2.24, 2.45) is 0 Å². The summed E-state index contributed by atoms with van der Waals surface area (Å²) in [4.78, 5) is 0. The minimum atomic E-state index is -0.314. The summed E-state index contributed by atoms with van der Waals surface area (Å²) in [6.45, 7) is 10.5. The SMILES string of the molecule is Cc1ccc(B2OC(C)(C)C(C)(C)O2)cc1/C=C\Cc1ccccc1. The van der Waals surface area contributed by atoms with Crippen LogP contribution in [0.25, 0.3) is 6.08 Å². The molecule has 1 aliphatic heterocycles. The van der Waals surface area contributed by atoms with E-state index < -0.39 is 0 Å². The van der Waals surface area contributed by atoms with E-state index in [-0.39, 0.29) is 18.3 Å². The molecule has 0 radical (unpaired) electrons. The Hall–Kier alpha value is -1.84. The van der Waals surface area contributed by atoms with E-state index in [1.807, 2.05) is 6.07 Å². The molecular formula is C22H27BO2. The van der Waals surface area contributed by atoms with Gasteiger partial charge in [-0.25, -0.2) is 0 Å². The van der Waals surface area contributed by atoms with Gasteiger partial charge in [0.1, 0.15) is 0 Å². The third-order valence-electron chi connectivity index (χ3n) is 5.32. The predicted molar refractivity (Wildman–Crippen MR) is 106 cm³/mol. The average Bonchev–Trinajstić information content (AvgIpc) is 2.78. The van der Waals surface area contributed by atoms with Crippen LogP contribution in [0.5, 0.6) is 0 Å². The molecule has 1 saturated heterocycles. The zero-order chi connectivity index (χ0) is 18.1. The van der Waals surface area contributed by atoms with Crippen LogP contribution in [0.3, 0.4) is 0 Å². The molecule has 0 aromatic heterocycles. The summed E-state index contributed by atoms with van der Waals surface area (Å²) in [6, 6.07) is 16.9. The molecule has 0 atom stereocenters. The van der Waals surface area contributed by atoms with Crippen LogP contribution >= 0.6 is 0 Å². The van der Waals surface area contributed by atoms with Crippen molar-refractivity contribution in [1.82, 2.24) is 0 Å². The maximum absolute atomic E-state index is 6.17. The number of rotatable bonds is 4. The quantitative estimate of drug-likeness (QED) is 0.764. The second-order valence-electron chi connectivity index (χ2n) is 7.80. The van der Waals surface area contributed by atoms with Gasteiger partial charge in [-0.15, -0.1) is 0 Å². The summed E-state index contributed by atoms with van der Waals surface area (Å²) < 4.78 is 12.3. The van der Waals surface area contributed by atoms with Gasteiger partial charge in [-0.1, -0.05) is 60.7 Å². The van der Waals surface area contributed by atoms with Crippen LogP contribution in [0, 0.1) is 6.92 Å². The van der Waals surface area contributed by atoms with E-state index >= 15 is 0 Å². The molecule has 0 amide bonds. The van der Waals surface area contributed by atoms with Gasteiger partial charge in [0.2, 0.25) is 0 Å². The predicted octanol–water partition coefficient (Wildman–Crippen LogP) is 4.55. The number of hydrogen-bond acceptors (Lipinski definition) is 2. The molecule has 2 aromatic rings. The fourth-order valence-electron chi connectivity index (χ4n) is 2.90. The average molecular weight is 334 g/mol. The zero-order valence-electron chi connectivity index (χ0n) is 15.9. The molecule has 1 aliphatic rings. The van der Waals surface area contributed by atoms with Gasteiger partial charge in [0.25, 0.3) is 0 Å². The molecule has 1 fully saturated rings. The number of hydrogen-bond donors (Lipinski definition) is 0. The lowest BCUT2D eigenvalue weighted by Crippen LogP contribution is -2.41. The third-order valence-corrected chi connectivity index (χ3v) is 5.32. The summed E-state index contributed by atoms with van der Waals surface area (Å²) in [5.41, 5.74) is 4.23. The second kappa shape index (κ2) is 6.82. The van der Waals surface area contributed by atoms with E-state index in [0.29, 0.717) is 0 Å². The van der Waals surface area contributed by atoms with Crippen molar-refractivity contribution in [3.63, 3.8) is 0 Å². The number of aryl methyl sites for hydroxylation is 1. The van der Waals surface area contributed by atoms with Crippen LogP contribution in [0.15, 0.2) is 54.6 Å². The van der Waals surface area contributed by atoms with Crippen molar-refractivity contribution in [2.45, 2.75) is 52.2 Å². The van der Waals surface area contributed by atoms with Crippen LogP contribution in [-0.4, -0.2) is 18.3 Å². The molecule has 25 heavy (non-hydrogen) atoms. The van der Waals surface area contributed by atoms with E-state index in [1.54, 1.807) is 0 Å². The first-order chi connectivity index (χ1) is 11.8. The Balaban J connectivity index is 1.77. The summed E-state index contributed by atoms with van der Waals surface area (Å²) in [6.07, 6.45) is 5.34. The second-order valence-corrected chi connectivity index (χ2v) is 7.80. The zero-order valence-corrected chi connectivity index (χ0v) is 15.9. The van der Waals surface area contributed by atoms with Crippen molar-refractivity contribution in [3.8, 4) is 0 Å². The summed E-state index contributed by atoms with van der Waals surface area (Å²) in [5, 5.41) is 0. The van der Waals surface area contributed by atoms with Gasteiger partial charge >= 0.3 is 7.12 Å². The monoisotopic (exact) mass is 334 g/mol. The molecule has 1 heterocycles. The Kier molecular flexibility index (Phi) is 4.90. The highest BCUT2D eigenvalue weighted by atomic mass is 16.7. The molecule has 0 unspecified atom stereocenters. The maximum atomic E-state index is 6.17. The van der Waals surface area contributed by atoms with E-state index in [4.69, 9.17) is 9.31 Å². The Bertz CT molecular complexity index is 747. The van der Waals surface area contributed by atoms with Gasteiger partial charge < -0.3 is 9.31 Å². The van der Waals surface area contributed by atoms with Crippen LogP contribution < -0.4 is 5.46 Å². The summed E-state index contributed by atoms with van der Waals surface area (Å²) >= 11 is 0. The van der Waals surface area contributed by atoms with Gasteiger partial charge in [-0.2, -0.15) is 0 Å². The highest BCUT2D eigenvalue weighted by molar-refractivity contribution is 6.62. The summed E-state index contributed by atoms with van der Waals surface area (Å²) in [5.74, 6) is 0. The van der Waals surface area contributed by atoms with E-state index in [1.165, 1.54) is 16.7 Å². The fourth-order valence-corrected chi connectivity index (χ4v) is 2.90. The molecule has 0 N–H and O–H groups in total. The van der Waals surface area contributed by atoms with Gasteiger partial charge in [-0.05, 0) is 63.2 Å².